The van der Waals surface area contributed by atoms with Crippen LogP contribution in [0.15, 0.2) is 53.6 Å². The number of H-pyrrole nitrogens is 1. The molecule has 1 aliphatic carbocycles. The first kappa shape index (κ1) is 16.9. The summed E-state index contributed by atoms with van der Waals surface area (Å²) in [7, 11) is -3.59. The lowest BCUT2D eigenvalue weighted by molar-refractivity contribution is 0.568. The summed E-state index contributed by atoms with van der Waals surface area (Å²) < 4.78 is 27.8. The molecule has 0 radical (unpaired) electrons. The van der Waals surface area contributed by atoms with E-state index in [2.05, 4.69) is 9.71 Å². The summed E-state index contributed by atoms with van der Waals surface area (Å²) in [5.41, 5.74) is 1.93. The van der Waals surface area contributed by atoms with Gasteiger partial charge in [-0.3, -0.25) is 0 Å². The molecular formula is C18H16Cl2N2O2S. The van der Waals surface area contributed by atoms with Crippen LogP contribution in [-0.4, -0.2) is 19.9 Å². The van der Waals surface area contributed by atoms with Crippen LogP contribution in [0.4, 0.5) is 0 Å². The van der Waals surface area contributed by atoms with Crippen LogP contribution in [0.2, 0.25) is 10.0 Å². The fraction of sp³-hybridized carbons (Fsp3) is 0.222. The van der Waals surface area contributed by atoms with Crippen molar-refractivity contribution in [2.45, 2.75) is 23.2 Å². The molecule has 0 bridgehead atoms. The summed E-state index contributed by atoms with van der Waals surface area (Å²) >= 11 is 11.9. The van der Waals surface area contributed by atoms with Crippen molar-refractivity contribution in [3.8, 4) is 0 Å². The number of hydrogen-bond donors (Lipinski definition) is 2. The van der Waals surface area contributed by atoms with Gasteiger partial charge in [0, 0.05) is 39.1 Å². The van der Waals surface area contributed by atoms with Crippen molar-refractivity contribution in [2.24, 2.45) is 0 Å². The number of sulfonamides is 1. The normalized spacial score (nSPS) is 16.2. The number of hydrogen-bond acceptors (Lipinski definition) is 2. The lowest BCUT2D eigenvalue weighted by atomic mass is 9.96. The van der Waals surface area contributed by atoms with E-state index >= 15 is 0 Å². The number of fused-ring (bicyclic) bond motifs is 1. The number of aromatic amines is 1. The zero-order chi connectivity index (χ0) is 17.7. The molecule has 1 aromatic heterocycles. The molecule has 1 fully saturated rings. The molecule has 0 atom stereocenters. The maximum absolute atomic E-state index is 12.5. The Labute approximate surface area is 156 Å². The molecular weight excluding hydrogens is 379 g/mol. The quantitative estimate of drug-likeness (QED) is 0.669. The largest absolute Gasteiger partial charge is 0.361 e. The van der Waals surface area contributed by atoms with E-state index in [0.717, 1.165) is 29.3 Å². The van der Waals surface area contributed by atoms with Crippen molar-refractivity contribution in [1.29, 1.82) is 0 Å². The highest BCUT2D eigenvalue weighted by atomic mass is 35.5. The van der Waals surface area contributed by atoms with E-state index in [1.807, 2.05) is 24.4 Å². The van der Waals surface area contributed by atoms with Gasteiger partial charge in [0.05, 0.1) is 4.90 Å². The number of halogens is 2. The lowest BCUT2D eigenvalue weighted by Crippen LogP contribution is -2.32. The summed E-state index contributed by atoms with van der Waals surface area (Å²) in [6.07, 6.45) is 3.85. The molecule has 0 amide bonds. The second-order valence-electron chi connectivity index (χ2n) is 6.45. The first-order valence-corrected chi connectivity index (χ1v) is 10.2. The van der Waals surface area contributed by atoms with Crippen molar-refractivity contribution in [3.05, 3.63) is 64.3 Å². The Morgan fingerprint density at radius 1 is 1.08 bits per heavy atom. The van der Waals surface area contributed by atoms with Gasteiger partial charge in [-0.1, -0.05) is 35.3 Å². The van der Waals surface area contributed by atoms with Crippen LogP contribution in [0, 0.1) is 0 Å². The van der Waals surface area contributed by atoms with Crippen LogP contribution >= 0.6 is 23.2 Å². The monoisotopic (exact) mass is 394 g/mol. The molecule has 7 heteroatoms. The van der Waals surface area contributed by atoms with Gasteiger partial charge in [-0.25, -0.2) is 13.1 Å². The van der Waals surface area contributed by atoms with Crippen LogP contribution in [0.1, 0.15) is 18.4 Å². The average molecular weight is 395 g/mol. The molecule has 4 nitrogen and oxygen atoms in total. The smallest absolute Gasteiger partial charge is 0.240 e. The van der Waals surface area contributed by atoms with Crippen molar-refractivity contribution >= 4 is 44.1 Å². The van der Waals surface area contributed by atoms with E-state index in [9.17, 15) is 8.42 Å². The zero-order valence-electron chi connectivity index (χ0n) is 13.2. The minimum atomic E-state index is -3.59. The number of nitrogens with one attached hydrogen (secondary N) is 2. The van der Waals surface area contributed by atoms with Gasteiger partial charge in [0.2, 0.25) is 10.0 Å². The first-order chi connectivity index (χ1) is 11.9. The molecule has 1 heterocycles. The Kier molecular flexibility index (Phi) is 4.07. The highest BCUT2D eigenvalue weighted by molar-refractivity contribution is 7.89. The van der Waals surface area contributed by atoms with Gasteiger partial charge in [0.1, 0.15) is 0 Å². The Morgan fingerprint density at radius 2 is 1.84 bits per heavy atom. The average Bonchev–Trinajstić information content (AvgIpc) is 3.25. The Bertz CT molecular complexity index is 1060. The lowest BCUT2D eigenvalue weighted by Gasteiger charge is -2.16. The molecule has 0 spiro atoms. The van der Waals surface area contributed by atoms with Crippen LogP contribution in [-0.2, 0) is 15.4 Å². The van der Waals surface area contributed by atoms with Crippen LogP contribution < -0.4 is 4.72 Å². The summed E-state index contributed by atoms with van der Waals surface area (Å²) in [4.78, 5) is 3.41. The molecule has 0 saturated heterocycles. The van der Waals surface area contributed by atoms with Crippen molar-refractivity contribution < 1.29 is 8.42 Å². The molecule has 0 aliphatic heterocycles. The van der Waals surface area contributed by atoms with Gasteiger partial charge in [-0.15, -0.1) is 0 Å². The Hall–Kier alpha value is -1.53. The van der Waals surface area contributed by atoms with E-state index in [1.165, 1.54) is 6.07 Å². The van der Waals surface area contributed by atoms with E-state index in [4.69, 9.17) is 23.2 Å². The molecule has 0 unspecified atom stereocenters. The summed E-state index contributed by atoms with van der Waals surface area (Å²) in [5, 5.41) is 2.16. The van der Waals surface area contributed by atoms with Crippen molar-refractivity contribution in [3.63, 3.8) is 0 Å². The van der Waals surface area contributed by atoms with Crippen LogP contribution in [0.3, 0.4) is 0 Å². The fourth-order valence-electron chi connectivity index (χ4n) is 3.18. The number of aromatic nitrogens is 1. The molecule has 130 valence electrons. The molecule has 1 saturated carbocycles. The predicted molar refractivity (Wildman–Crippen MR) is 101 cm³/mol. The summed E-state index contributed by atoms with van der Waals surface area (Å²) in [5.74, 6) is 0. The van der Waals surface area contributed by atoms with Crippen molar-refractivity contribution in [2.75, 3.05) is 6.54 Å². The van der Waals surface area contributed by atoms with E-state index < -0.39 is 10.0 Å². The van der Waals surface area contributed by atoms with Gasteiger partial charge >= 0.3 is 0 Å². The third-order valence-corrected chi connectivity index (χ3v) is 6.64. The van der Waals surface area contributed by atoms with Crippen LogP contribution in [0.5, 0.6) is 0 Å². The number of benzene rings is 2. The number of rotatable bonds is 5. The van der Waals surface area contributed by atoms with Gasteiger partial charge < -0.3 is 4.98 Å². The third kappa shape index (κ3) is 3.17. The molecule has 25 heavy (non-hydrogen) atoms. The second-order valence-corrected chi connectivity index (χ2v) is 9.09. The molecule has 1 aliphatic rings. The summed E-state index contributed by atoms with van der Waals surface area (Å²) in [6, 6.07) is 12.0. The standard InChI is InChI=1S/C18H16Cl2N2O2S/c19-12-2-1-3-14(8-12)25(23,24)22-11-18(6-7-18)16-10-21-17-9-13(20)4-5-15(16)17/h1-5,8-10,21-22H,6-7,11H2. The third-order valence-electron chi connectivity index (χ3n) is 4.78. The minimum absolute atomic E-state index is 0.169. The van der Waals surface area contributed by atoms with E-state index in [1.54, 1.807) is 18.2 Å². The topological polar surface area (TPSA) is 62.0 Å². The Balaban J connectivity index is 1.60. The second kappa shape index (κ2) is 6.02. The zero-order valence-corrected chi connectivity index (χ0v) is 15.5. The molecule has 2 N–H and O–H groups in total. The highest BCUT2D eigenvalue weighted by Gasteiger charge is 2.46. The first-order valence-electron chi connectivity index (χ1n) is 7.92. The van der Waals surface area contributed by atoms with Gasteiger partial charge in [-0.05, 0) is 48.7 Å². The minimum Gasteiger partial charge on any atom is -0.361 e. The summed E-state index contributed by atoms with van der Waals surface area (Å²) in [6.45, 7) is 0.359. The van der Waals surface area contributed by atoms with Crippen molar-refractivity contribution in [1.82, 2.24) is 9.71 Å². The van der Waals surface area contributed by atoms with Gasteiger partial charge in [0.25, 0.3) is 0 Å². The molecule has 2 aromatic carbocycles. The van der Waals surface area contributed by atoms with Crippen LogP contribution in [0.25, 0.3) is 10.9 Å². The Morgan fingerprint density at radius 3 is 2.56 bits per heavy atom. The van der Waals surface area contributed by atoms with Gasteiger partial charge in [-0.2, -0.15) is 0 Å². The molecule has 4 rings (SSSR count). The van der Waals surface area contributed by atoms with E-state index in [0.29, 0.717) is 16.6 Å². The van der Waals surface area contributed by atoms with E-state index in [-0.39, 0.29) is 10.3 Å². The fourth-order valence-corrected chi connectivity index (χ4v) is 4.78. The maximum atomic E-state index is 12.5. The maximum Gasteiger partial charge on any atom is 0.240 e. The van der Waals surface area contributed by atoms with Gasteiger partial charge in [0.15, 0.2) is 0 Å². The highest BCUT2D eigenvalue weighted by Crippen LogP contribution is 2.50. The predicted octanol–water partition coefficient (Wildman–Crippen LogP) is 4.48. The molecule has 3 aromatic rings. The SMILES string of the molecule is O=S(=O)(NCC1(c2c[nH]c3cc(Cl)ccc23)CC1)c1cccc(Cl)c1.